The van der Waals surface area contributed by atoms with Crippen LogP contribution in [0.5, 0.6) is 11.5 Å². The Bertz CT molecular complexity index is 1140. The van der Waals surface area contributed by atoms with E-state index < -0.39 is 24.0 Å². The first-order chi connectivity index (χ1) is 19.1. The van der Waals surface area contributed by atoms with E-state index in [1.165, 1.54) is 4.90 Å². The Labute approximate surface area is 236 Å². The van der Waals surface area contributed by atoms with Crippen molar-refractivity contribution in [1.29, 1.82) is 0 Å². The number of nitrogens with one attached hydrogen (secondary N) is 3. The molecular formula is C30H43N5O5. The molecule has 0 spiro atoms. The Morgan fingerprint density at radius 1 is 1.12 bits per heavy atom. The van der Waals surface area contributed by atoms with Gasteiger partial charge in [-0.25, -0.2) is 0 Å². The molecule has 3 amide bonds. The third kappa shape index (κ3) is 8.42. The SMILES string of the molecule is CCC(C)[C@@H]1NC[C@@H](C)Oc2cccnc2CCCNC(=O)[C@@H](Cc2ccc(O)cc2)NC(=O)[C@@H](C)N(C)C1=O. The summed E-state index contributed by atoms with van der Waals surface area (Å²) in [5.74, 6) is -0.133. The maximum absolute atomic E-state index is 13.6. The number of rotatable bonds is 4. The monoisotopic (exact) mass is 553 g/mol. The van der Waals surface area contributed by atoms with Gasteiger partial charge in [-0.3, -0.25) is 19.4 Å². The van der Waals surface area contributed by atoms with Gasteiger partial charge < -0.3 is 30.7 Å². The number of pyridine rings is 1. The lowest BCUT2D eigenvalue weighted by molar-refractivity contribution is -0.141. The lowest BCUT2D eigenvalue weighted by atomic mass is 9.97. The molecule has 0 saturated heterocycles. The van der Waals surface area contributed by atoms with Gasteiger partial charge in [0.2, 0.25) is 17.7 Å². The van der Waals surface area contributed by atoms with Gasteiger partial charge in [-0.2, -0.15) is 0 Å². The zero-order chi connectivity index (χ0) is 29.2. The second-order valence-corrected chi connectivity index (χ2v) is 10.6. The summed E-state index contributed by atoms with van der Waals surface area (Å²) in [5, 5.41) is 18.8. The number of hydrogen-bond acceptors (Lipinski definition) is 7. The lowest BCUT2D eigenvalue weighted by Crippen LogP contribution is -2.57. The summed E-state index contributed by atoms with van der Waals surface area (Å²) < 4.78 is 6.20. The highest BCUT2D eigenvalue weighted by Crippen LogP contribution is 2.19. The van der Waals surface area contributed by atoms with Crippen LogP contribution in [0.1, 0.15) is 51.8 Å². The van der Waals surface area contributed by atoms with Crippen LogP contribution in [0.15, 0.2) is 42.6 Å². The van der Waals surface area contributed by atoms with Crippen molar-refractivity contribution < 1.29 is 24.2 Å². The zero-order valence-corrected chi connectivity index (χ0v) is 24.1. The lowest BCUT2D eigenvalue weighted by Gasteiger charge is -2.33. The largest absolute Gasteiger partial charge is 0.508 e. The molecule has 10 nitrogen and oxygen atoms in total. The Balaban J connectivity index is 1.88. The number of phenols is 1. The quantitative estimate of drug-likeness (QED) is 0.456. The maximum atomic E-state index is 13.6. The number of aryl methyl sites for hydroxylation is 1. The normalized spacial score (nSPS) is 24.5. The molecule has 0 radical (unpaired) electrons. The number of phenolic OH excluding ortho intramolecular Hbond substituents is 1. The van der Waals surface area contributed by atoms with Crippen molar-refractivity contribution in [2.75, 3.05) is 20.1 Å². The van der Waals surface area contributed by atoms with Crippen LogP contribution in [0.4, 0.5) is 0 Å². The highest BCUT2D eigenvalue weighted by molar-refractivity contribution is 5.93. The molecule has 5 atom stereocenters. The van der Waals surface area contributed by atoms with E-state index in [1.54, 1.807) is 44.4 Å². The van der Waals surface area contributed by atoms with E-state index in [-0.39, 0.29) is 36.0 Å². The standard InChI is InChI=1S/C30H43N5O5/c1-6-19(2)27-30(39)35(5)21(4)28(37)34-25(17-22-11-13-23(36)14-12-22)29(38)32-16-7-9-24-26(10-8-15-31-24)40-20(3)18-33-27/h8,10-15,19-21,25,27,33,36H,6-7,9,16-18H2,1-5H3,(H,32,38)(H,34,37)/t19?,20-,21-,25-,27+/m1/s1. The third-order valence-corrected chi connectivity index (χ3v) is 7.49. The van der Waals surface area contributed by atoms with E-state index >= 15 is 0 Å². The van der Waals surface area contributed by atoms with Crippen LogP contribution < -0.4 is 20.7 Å². The first kappa shape index (κ1) is 30.9. The molecule has 3 rings (SSSR count). The highest BCUT2D eigenvalue weighted by Gasteiger charge is 2.33. The highest BCUT2D eigenvalue weighted by atomic mass is 16.5. The number of aromatic nitrogens is 1. The van der Waals surface area contributed by atoms with E-state index in [0.717, 1.165) is 17.7 Å². The topological polar surface area (TPSA) is 133 Å². The number of benzene rings is 1. The molecule has 1 aliphatic rings. The van der Waals surface area contributed by atoms with E-state index in [2.05, 4.69) is 20.9 Å². The molecule has 1 aliphatic heterocycles. The number of hydrogen-bond donors (Lipinski definition) is 4. The van der Waals surface area contributed by atoms with Gasteiger partial charge in [-0.15, -0.1) is 0 Å². The minimum Gasteiger partial charge on any atom is -0.508 e. The molecule has 0 aliphatic carbocycles. The van der Waals surface area contributed by atoms with Crippen molar-refractivity contribution in [3.63, 3.8) is 0 Å². The van der Waals surface area contributed by atoms with Gasteiger partial charge in [0, 0.05) is 32.8 Å². The van der Waals surface area contributed by atoms with Crippen LogP contribution in [0.3, 0.4) is 0 Å². The van der Waals surface area contributed by atoms with E-state index in [0.29, 0.717) is 31.7 Å². The Hall–Kier alpha value is -3.66. The number of carbonyl (C=O) groups excluding carboxylic acids is 3. The molecule has 4 N–H and O–H groups in total. The van der Waals surface area contributed by atoms with Crippen LogP contribution in [0.25, 0.3) is 0 Å². The van der Waals surface area contributed by atoms with Crippen molar-refractivity contribution in [3.05, 3.63) is 53.9 Å². The summed E-state index contributed by atoms with van der Waals surface area (Å²) in [5.41, 5.74) is 1.57. The van der Waals surface area contributed by atoms with Crippen molar-refractivity contribution in [2.45, 2.75) is 77.6 Å². The minimum absolute atomic E-state index is 0.0185. The molecule has 2 aromatic rings. The average Bonchev–Trinajstić information content (AvgIpc) is 2.95. The number of ether oxygens (including phenoxy) is 1. The van der Waals surface area contributed by atoms with Gasteiger partial charge in [0.05, 0.1) is 11.7 Å². The average molecular weight is 554 g/mol. The fourth-order valence-corrected chi connectivity index (χ4v) is 4.58. The molecule has 0 saturated carbocycles. The Morgan fingerprint density at radius 3 is 2.55 bits per heavy atom. The molecule has 2 heterocycles. The first-order valence-electron chi connectivity index (χ1n) is 14.1. The zero-order valence-electron chi connectivity index (χ0n) is 24.1. The van der Waals surface area contributed by atoms with Gasteiger partial charge in [-0.1, -0.05) is 32.4 Å². The fraction of sp³-hybridized carbons (Fsp3) is 0.533. The molecule has 1 aromatic carbocycles. The van der Waals surface area contributed by atoms with Gasteiger partial charge >= 0.3 is 0 Å². The van der Waals surface area contributed by atoms with Gasteiger partial charge in [0.15, 0.2) is 0 Å². The summed E-state index contributed by atoms with van der Waals surface area (Å²) in [4.78, 5) is 46.1. The van der Waals surface area contributed by atoms with Crippen LogP contribution in [-0.2, 0) is 27.2 Å². The second kappa shape index (κ2) is 14.6. The number of aromatic hydroxyl groups is 1. The van der Waals surface area contributed by atoms with E-state index in [1.807, 2.05) is 32.9 Å². The van der Waals surface area contributed by atoms with Gasteiger partial charge in [-0.05, 0) is 62.4 Å². The summed E-state index contributed by atoms with van der Waals surface area (Å²) in [6, 6.07) is 8.04. The van der Waals surface area contributed by atoms with Crippen molar-refractivity contribution in [2.24, 2.45) is 5.92 Å². The van der Waals surface area contributed by atoms with Gasteiger partial charge in [0.1, 0.15) is 29.7 Å². The summed E-state index contributed by atoms with van der Waals surface area (Å²) >= 11 is 0. The van der Waals surface area contributed by atoms with Crippen LogP contribution in [0.2, 0.25) is 0 Å². The predicted octanol–water partition coefficient (Wildman–Crippen LogP) is 2.20. The Morgan fingerprint density at radius 2 is 1.85 bits per heavy atom. The van der Waals surface area contributed by atoms with Crippen molar-refractivity contribution in [1.82, 2.24) is 25.8 Å². The van der Waals surface area contributed by atoms with Crippen LogP contribution in [-0.4, -0.2) is 77.1 Å². The molecule has 0 fully saturated rings. The molecule has 10 heteroatoms. The number of likely N-dealkylation sites (N-methyl/N-ethyl adjacent to an activating group) is 1. The smallest absolute Gasteiger partial charge is 0.243 e. The number of nitrogens with zero attached hydrogens (tertiary/aromatic N) is 2. The molecule has 1 aromatic heterocycles. The summed E-state index contributed by atoms with van der Waals surface area (Å²) in [6.45, 7) is 8.45. The number of amides is 3. The predicted molar refractivity (Wildman–Crippen MR) is 153 cm³/mol. The summed E-state index contributed by atoms with van der Waals surface area (Å²) in [7, 11) is 1.61. The molecule has 1 unspecified atom stereocenters. The molecule has 40 heavy (non-hydrogen) atoms. The molecule has 0 bridgehead atoms. The van der Waals surface area contributed by atoms with Crippen molar-refractivity contribution >= 4 is 17.7 Å². The van der Waals surface area contributed by atoms with Crippen LogP contribution in [0, 0.1) is 5.92 Å². The van der Waals surface area contributed by atoms with Gasteiger partial charge in [0.25, 0.3) is 0 Å². The van der Waals surface area contributed by atoms with E-state index in [9.17, 15) is 19.5 Å². The van der Waals surface area contributed by atoms with E-state index in [4.69, 9.17) is 4.74 Å². The number of fused-ring (bicyclic) bond motifs is 1. The van der Waals surface area contributed by atoms with Crippen LogP contribution >= 0.6 is 0 Å². The second-order valence-electron chi connectivity index (χ2n) is 10.6. The third-order valence-electron chi connectivity index (χ3n) is 7.49. The fourth-order valence-electron chi connectivity index (χ4n) is 4.58. The molecule has 218 valence electrons. The summed E-state index contributed by atoms with van der Waals surface area (Å²) in [6.07, 6.45) is 3.72. The Kier molecular flexibility index (Phi) is 11.3. The van der Waals surface area contributed by atoms with Crippen molar-refractivity contribution in [3.8, 4) is 11.5 Å². The minimum atomic E-state index is -0.861. The number of carbonyl (C=O) groups is 3. The molecular weight excluding hydrogens is 510 g/mol. The first-order valence-corrected chi connectivity index (χ1v) is 14.1. The maximum Gasteiger partial charge on any atom is 0.243 e.